The van der Waals surface area contributed by atoms with Crippen LogP contribution in [0.4, 0.5) is 0 Å². The zero-order valence-corrected chi connectivity index (χ0v) is 13.4. The van der Waals surface area contributed by atoms with Gasteiger partial charge in [-0.3, -0.25) is 4.79 Å². The van der Waals surface area contributed by atoms with Crippen LogP contribution < -0.4 is 10.1 Å². The van der Waals surface area contributed by atoms with Crippen molar-refractivity contribution in [2.24, 2.45) is 0 Å². The minimum Gasteiger partial charge on any atom is -0.483 e. The Hall–Kier alpha value is -1.26. The number of likely N-dealkylation sites (N-methyl/N-ethyl adjacent to an activating group) is 1. The van der Waals surface area contributed by atoms with Crippen LogP contribution in [0.15, 0.2) is 18.2 Å². The highest BCUT2D eigenvalue weighted by Gasteiger charge is 2.21. The Labute approximate surface area is 131 Å². The Morgan fingerprint density at radius 2 is 2.10 bits per heavy atom. The van der Waals surface area contributed by atoms with Crippen molar-refractivity contribution in [2.45, 2.75) is 39.3 Å². The smallest absolute Gasteiger partial charge is 0.260 e. The molecule has 0 heterocycles. The molecular formula is C16H23ClN2O2. The van der Waals surface area contributed by atoms with Crippen LogP contribution in [0.5, 0.6) is 5.75 Å². The first-order valence-electron chi connectivity index (χ1n) is 7.56. The predicted octanol–water partition coefficient (Wildman–Crippen LogP) is 2.84. The molecule has 0 unspecified atom stereocenters. The van der Waals surface area contributed by atoms with E-state index in [1.54, 1.807) is 11.0 Å². The van der Waals surface area contributed by atoms with E-state index in [9.17, 15) is 4.79 Å². The highest BCUT2D eigenvalue weighted by Crippen LogP contribution is 2.25. The van der Waals surface area contributed by atoms with Gasteiger partial charge >= 0.3 is 0 Å². The molecule has 0 bridgehead atoms. The average molecular weight is 311 g/mol. The lowest BCUT2D eigenvalue weighted by Crippen LogP contribution is -2.34. The van der Waals surface area contributed by atoms with Gasteiger partial charge in [0.1, 0.15) is 5.75 Å². The van der Waals surface area contributed by atoms with E-state index in [1.807, 2.05) is 26.0 Å². The molecular weight excluding hydrogens is 288 g/mol. The maximum atomic E-state index is 12.0. The van der Waals surface area contributed by atoms with E-state index in [0.29, 0.717) is 24.2 Å². The zero-order valence-electron chi connectivity index (χ0n) is 12.7. The molecule has 1 amide bonds. The van der Waals surface area contributed by atoms with Crippen molar-refractivity contribution in [1.29, 1.82) is 0 Å². The highest BCUT2D eigenvalue weighted by molar-refractivity contribution is 6.30. The Bertz CT molecular complexity index is 485. The molecule has 1 aromatic carbocycles. The van der Waals surface area contributed by atoms with Crippen molar-refractivity contribution in [3.05, 3.63) is 28.8 Å². The molecule has 21 heavy (non-hydrogen) atoms. The summed E-state index contributed by atoms with van der Waals surface area (Å²) < 4.78 is 5.70. The van der Waals surface area contributed by atoms with Gasteiger partial charge in [-0.25, -0.2) is 0 Å². The van der Waals surface area contributed by atoms with Gasteiger partial charge in [0.25, 0.3) is 5.91 Å². The normalized spacial score (nSPS) is 14.0. The van der Waals surface area contributed by atoms with E-state index in [2.05, 4.69) is 5.32 Å². The van der Waals surface area contributed by atoms with Crippen molar-refractivity contribution < 1.29 is 9.53 Å². The number of nitrogens with zero attached hydrogens (tertiary/aromatic N) is 1. The topological polar surface area (TPSA) is 41.6 Å². The maximum Gasteiger partial charge on any atom is 0.260 e. The second-order valence-corrected chi connectivity index (χ2v) is 5.70. The van der Waals surface area contributed by atoms with E-state index >= 15 is 0 Å². The maximum absolute atomic E-state index is 12.0. The van der Waals surface area contributed by atoms with E-state index < -0.39 is 0 Å². The van der Waals surface area contributed by atoms with Gasteiger partial charge < -0.3 is 15.0 Å². The van der Waals surface area contributed by atoms with Crippen molar-refractivity contribution in [2.75, 3.05) is 19.7 Å². The summed E-state index contributed by atoms with van der Waals surface area (Å²) in [6.07, 6.45) is 2.47. The predicted molar refractivity (Wildman–Crippen MR) is 84.7 cm³/mol. The molecule has 0 spiro atoms. The van der Waals surface area contributed by atoms with Gasteiger partial charge in [-0.2, -0.15) is 0 Å². The average Bonchev–Trinajstić information content (AvgIpc) is 3.29. The first kappa shape index (κ1) is 16.1. The molecule has 4 nitrogen and oxygen atoms in total. The summed E-state index contributed by atoms with van der Waals surface area (Å²) >= 11 is 6.05. The minimum atomic E-state index is 0.0102. The number of benzene rings is 1. The summed E-state index contributed by atoms with van der Waals surface area (Å²) in [5, 5.41) is 4.12. The van der Waals surface area contributed by atoms with Gasteiger partial charge in [0.05, 0.1) is 0 Å². The van der Waals surface area contributed by atoms with Gasteiger partial charge in [-0.05, 0) is 44.9 Å². The summed E-state index contributed by atoms with van der Waals surface area (Å²) in [6.45, 7) is 6.13. The van der Waals surface area contributed by atoms with E-state index in [-0.39, 0.29) is 12.5 Å². The number of hydrogen-bond donors (Lipinski definition) is 1. The third-order valence-electron chi connectivity index (χ3n) is 3.65. The highest BCUT2D eigenvalue weighted by atomic mass is 35.5. The lowest BCUT2D eigenvalue weighted by molar-refractivity contribution is -0.132. The molecule has 0 aromatic heterocycles. The number of amides is 1. The standard InChI is InChI=1S/C16H23ClN2O2/c1-3-19(4-2)16(20)11-21-15-8-5-13(17)9-12(15)10-18-14-6-7-14/h5,8-9,14,18H,3-4,6-7,10-11H2,1-2H3. The summed E-state index contributed by atoms with van der Waals surface area (Å²) in [6, 6.07) is 6.14. The molecule has 1 aromatic rings. The summed E-state index contributed by atoms with van der Waals surface area (Å²) in [7, 11) is 0. The quantitative estimate of drug-likeness (QED) is 0.803. The van der Waals surface area contributed by atoms with Crippen LogP contribution in [0.2, 0.25) is 5.02 Å². The zero-order chi connectivity index (χ0) is 15.2. The Morgan fingerprint density at radius 1 is 1.38 bits per heavy atom. The molecule has 2 rings (SSSR count). The number of nitrogens with one attached hydrogen (secondary N) is 1. The van der Waals surface area contributed by atoms with Crippen LogP contribution in [-0.4, -0.2) is 36.5 Å². The Morgan fingerprint density at radius 3 is 2.71 bits per heavy atom. The van der Waals surface area contributed by atoms with E-state index in [1.165, 1.54) is 12.8 Å². The van der Waals surface area contributed by atoms with Crippen molar-refractivity contribution in [3.8, 4) is 5.75 Å². The van der Waals surface area contributed by atoms with Crippen LogP contribution in [0.25, 0.3) is 0 Å². The molecule has 1 saturated carbocycles. The first-order chi connectivity index (χ1) is 10.1. The molecule has 0 saturated heterocycles. The van der Waals surface area contributed by atoms with Crippen molar-refractivity contribution >= 4 is 17.5 Å². The molecule has 1 fully saturated rings. The third-order valence-corrected chi connectivity index (χ3v) is 3.88. The van der Waals surface area contributed by atoms with Crippen LogP contribution >= 0.6 is 11.6 Å². The van der Waals surface area contributed by atoms with Gasteiger partial charge in [-0.1, -0.05) is 11.6 Å². The fourth-order valence-corrected chi connectivity index (χ4v) is 2.37. The van der Waals surface area contributed by atoms with Gasteiger partial charge in [0.2, 0.25) is 0 Å². The third kappa shape index (κ3) is 4.90. The van der Waals surface area contributed by atoms with Crippen LogP contribution in [-0.2, 0) is 11.3 Å². The molecule has 1 aliphatic carbocycles. The molecule has 0 atom stereocenters. The fraction of sp³-hybridized carbons (Fsp3) is 0.562. The molecule has 0 radical (unpaired) electrons. The van der Waals surface area contributed by atoms with Crippen LogP contribution in [0.1, 0.15) is 32.3 Å². The molecule has 116 valence electrons. The summed E-state index contributed by atoms with van der Waals surface area (Å²) in [4.78, 5) is 13.8. The Kier molecular flexibility index (Phi) is 5.88. The number of rotatable bonds is 8. The van der Waals surface area contributed by atoms with Crippen molar-refractivity contribution in [1.82, 2.24) is 10.2 Å². The lowest BCUT2D eigenvalue weighted by Gasteiger charge is -2.19. The van der Waals surface area contributed by atoms with Gasteiger partial charge in [0, 0.05) is 36.3 Å². The second kappa shape index (κ2) is 7.66. The number of ether oxygens (including phenoxy) is 1. The number of carbonyl (C=O) groups is 1. The fourth-order valence-electron chi connectivity index (χ4n) is 2.18. The lowest BCUT2D eigenvalue weighted by atomic mass is 10.2. The van der Waals surface area contributed by atoms with Gasteiger partial charge in [-0.15, -0.1) is 0 Å². The SMILES string of the molecule is CCN(CC)C(=O)COc1ccc(Cl)cc1CNC1CC1. The Balaban J connectivity index is 1.95. The number of hydrogen-bond acceptors (Lipinski definition) is 3. The molecule has 1 aliphatic rings. The molecule has 0 aliphatic heterocycles. The van der Waals surface area contributed by atoms with E-state index in [4.69, 9.17) is 16.3 Å². The molecule has 5 heteroatoms. The van der Waals surface area contributed by atoms with Gasteiger partial charge in [0.15, 0.2) is 6.61 Å². The number of carbonyl (C=O) groups excluding carboxylic acids is 1. The van der Waals surface area contributed by atoms with Crippen LogP contribution in [0.3, 0.4) is 0 Å². The number of halogens is 1. The van der Waals surface area contributed by atoms with Crippen LogP contribution in [0, 0.1) is 0 Å². The second-order valence-electron chi connectivity index (χ2n) is 5.26. The minimum absolute atomic E-state index is 0.0102. The van der Waals surface area contributed by atoms with Crippen molar-refractivity contribution in [3.63, 3.8) is 0 Å². The van der Waals surface area contributed by atoms with E-state index in [0.717, 1.165) is 17.9 Å². The first-order valence-corrected chi connectivity index (χ1v) is 7.94. The largest absolute Gasteiger partial charge is 0.483 e. The molecule has 1 N–H and O–H groups in total. The monoisotopic (exact) mass is 310 g/mol. The summed E-state index contributed by atoms with van der Waals surface area (Å²) in [5.74, 6) is 0.740. The summed E-state index contributed by atoms with van der Waals surface area (Å²) in [5.41, 5.74) is 1.00.